The SMILES string of the molecule is N#Cc1ccc2nc(Nc3ccc(C(F)(F)F)cc3)[nH]c2c1. The number of fused-ring (bicyclic) bond motifs is 1. The van der Waals surface area contributed by atoms with E-state index >= 15 is 0 Å². The predicted octanol–water partition coefficient (Wildman–Crippen LogP) is 4.20. The fourth-order valence-electron chi connectivity index (χ4n) is 2.02. The van der Waals surface area contributed by atoms with Crippen molar-refractivity contribution in [3.8, 4) is 6.07 Å². The molecule has 3 rings (SSSR count). The maximum absolute atomic E-state index is 12.5. The van der Waals surface area contributed by atoms with E-state index in [2.05, 4.69) is 15.3 Å². The third kappa shape index (κ3) is 2.72. The summed E-state index contributed by atoms with van der Waals surface area (Å²) in [5, 5.41) is 11.7. The lowest BCUT2D eigenvalue weighted by Crippen LogP contribution is -2.04. The second-order valence-corrected chi connectivity index (χ2v) is 4.63. The Morgan fingerprint density at radius 3 is 2.45 bits per heavy atom. The molecule has 0 spiro atoms. The first kappa shape index (κ1) is 13.9. The number of benzene rings is 2. The van der Waals surface area contributed by atoms with E-state index in [1.54, 1.807) is 18.2 Å². The average Bonchev–Trinajstić information content (AvgIpc) is 2.88. The molecule has 2 N–H and O–H groups in total. The minimum atomic E-state index is -4.36. The van der Waals surface area contributed by atoms with Gasteiger partial charge in [0.05, 0.1) is 28.2 Å². The van der Waals surface area contributed by atoms with Crippen molar-refractivity contribution in [3.63, 3.8) is 0 Å². The molecule has 0 aliphatic carbocycles. The lowest BCUT2D eigenvalue weighted by atomic mass is 10.2. The number of aromatic nitrogens is 2. The monoisotopic (exact) mass is 302 g/mol. The minimum Gasteiger partial charge on any atom is -0.326 e. The molecule has 0 radical (unpaired) electrons. The lowest BCUT2D eigenvalue weighted by molar-refractivity contribution is -0.137. The van der Waals surface area contributed by atoms with Crippen molar-refractivity contribution in [2.45, 2.75) is 6.18 Å². The van der Waals surface area contributed by atoms with Crippen LogP contribution in [0.5, 0.6) is 0 Å². The summed E-state index contributed by atoms with van der Waals surface area (Å²) in [7, 11) is 0. The number of hydrogen-bond acceptors (Lipinski definition) is 3. The smallest absolute Gasteiger partial charge is 0.326 e. The standard InChI is InChI=1S/C15H9F3N4/c16-15(17,18)10-2-4-11(5-3-10)20-14-21-12-6-1-9(8-19)7-13(12)22-14/h1-7H,(H2,20,21,22). The summed E-state index contributed by atoms with van der Waals surface area (Å²) in [6.07, 6.45) is -4.36. The molecule has 7 heteroatoms. The van der Waals surface area contributed by atoms with Gasteiger partial charge in [-0.25, -0.2) is 4.98 Å². The normalized spacial score (nSPS) is 11.4. The molecule has 2 aromatic carbocycles. The Hall–Kier alpha value is -3.01. The van der Waals surface area contributed by atoms with Crippen LogP contribution >= 0.6 is 0 Å². The molecular weight excluding hydrogens is 293 g/mol. The molecule has 0 saturated heterocycles. The first-order valence-electron chi connectivity index (χ1n) is 6.30. The van der Waals surface area contributed by atoms with E-state index in [1.807, 2.05) is 6.07 Å². The fraction of sp³-hybridized carbons (Fsp3) is 0.0667. The highest BCUT2D eigenvalue weighted by Gasteiger charge is 2.29. The van der Waals surface area contributed by atoms with Crippen LogP contribution in [0, 0.1) is 11.3 Å². The Labute approximate surface area is 123 Å². The number of anilines is 2. The molecule has 0 fully saturated rings. The minimum absolute atomic E-state index is 0.393. The van der Waals surface area contributed by atoms with Crippen LogP contribution in [-0.2, 0) is 6.18 Å². The van der Waals surface area contributed by atoms with Gasteiger partial charge in [-0.1, -0.05) is 0 Å². The van der Waals surface area contributed by atoms with Crippen molar-refractivity contribution in [2.24, 2.45) is 0 Å². The van der Waals surface area contributed by atoms with Gasteiger partial charge in [0.2, 0.25) is 5.95 Å². The molecule has 1 aromatic heterocycles. The molecule has 0 unspecified atom stereocenters. The summed E-state index contributed by atoms with van der Waals surface area (Å²) in [4.78, 5) is 7.22. The quantitative estimate of drug-likeness (QED) is 0.745. The number of alkyl halides is 3. The van der Waals surface area contributed by atoms with Crippen LogP contribution in [0.1, 0.15) is 11.1 Å². The van der Waals surface area contributed by atoms with Crippen molar-refractivity contribution in [2.75, 3.05) is 5.32 Å². The molecule has 22 heavy (non-hydrogen) atoms. The molecule has 0 bridgehead atoms. The molecule has 4 nitrogen and oxygen atoms in total. The van der Waals surface area contributed by atoms with Gasteiger partial charge in [-0.05, 0) is 42.5 Å². The first-order valence-corrected chi connectivity index (χ1v) is 6.30. The topological polar surface area (TPSA) is 64.5 Å². The lowest BCUT2D eigenvalue weighted by Gasteiger charge is -2.07. The molecule has 0 atom stereocenters. The van der Waals surface area contributed by atoms with Gasteiger partial charge in [0, 0.05) is 5.69 Å². The van der Waals surface area contributed by atoms with E-state index in [0.29, 0.717) is 28.2 Å². The summed E-state index contributed by atoms with van der Waals surface area (Å²) < 4.78 is 37.5. The molecular formula is C15H9F3N4. The zero-order valence-corrected chi connectivity index (χ0v) is 11.1. The van der Waals surface area contributed by atoms with Crippen LogP contribution < -0.4 is 5.32 Å². The number of aromatic amines is 1. The highest BCUT2D eigenvalue weighted by molar-refractivity contribution is 5.79. The summed E-state index contributed by atoms with van der Waals surface area (Å²) in [5.74, 6) is 0.393. The van der Waals surface area contributed by atoms with Gasteiger partial charge >= 0.3 is 6.18 Å². The molecule has 0 saturated carbocycles. The Bertz CT molecular complexity index is 857. The number of nitrogens with one attached hydrogen (secondary N) is 2. The van der Waals surface area contributed by atoms with E-state index in [1.165, 1.54) is 12.1 Å². The van der Waals surface area contributed by atoms with Crippen LogP contribution in [-0.4, -0.2) is 9.97 Å². The van der Waals surface area contributed by atoms with Crippen molar-refractivity contribution in [3.05, 3.63) is 53.6 Å². The number of nitriles is 1. The summed E-state index contributed by atoms with van der Waals surface area (Å²) in [6.45, 7) is 0. The fourth-order valence-corrected chi connectivity index (χ4v) is 2.02. The number of hydrogen-bond donors (Lipinski definition) is 2. The van der Waals surface area contributed by atoms with Crippen LogP contribution in [0.3, 0.4) is 0 Å². The average molecular weight is 302 g/mol. The van der Waals surface area contributed by atoms with Gasteiger partial charge in [-0.3, -0.25) is 0 Å². The zero-order chi connectivity index (χ0) is 15.7. The van der Waals surface area contributed by atoms with Gasteiger partial charge in [-0.2, -0.15) is 18.4 Å². The van der Waals surface area contributed by atoms with Crippen LogP contribution in [0.4, 0.5) is 24.8 Å². The third-order valence-electron chi connectivity index (χ3n) is 3.09. The molecule has 1 heterocycles. The van der Waals surface area contributed by atoms with E-state index in [-0.39, 0.29) is 0 Å². The largest absolute Gasteiger partial charge is 0.416 e. The third-order valence-corrected chi connectivity index (χ3v) is 3.09. The van der Waals surface area contributed by atoms with Gasteiger partial charge in [-0.15, -0.1) is 0 Å². The molecule has 0 aliphatic heterocycles. The Balaban J connectivity index is 1.85. The van der Waals surface area contributed by atoms with Gasteiger partial charge in [0.1, 0.15) is 0 Å². The van der Waals surface area contributed by atoms with E-state index in [0.717, 1.165) is 12.1 Å². The van der Waals surface area contributed by atoms with Gasteiger partial charge < -0.3 is 10.3 Å². The number of rotatable bonds is 2. The number of H-pyrrole nitrogens is 1. The van der Waals surface area contributed by atoms with Crippen molar-refractivity contribution in [1.29, 1.82) is 5.26 Å². The molecule has 110 valence electrons. The maximum Gasteiger partial charge on any atom is 0.416 e. The summed E-state index contributed by atoms with van der Waals surface area (Å²) in [6, 6.07) is 11.7. The zero-order valence-electron chi connectivity index (χ0n) is 11.1. The van der Waals surface area contributed by atoms with E-state index in [9.17, 15) is 13.2 Å². The van der Waals surface area contributed by atoms with Crippen LogP contribution in [0.25, 0.3) is 11.0 Å². The van der Waals surface area contributed by atoms with Crippen molar-refractivity contribution >= 4 is 22.7 Å². The van der Waals surface area contributed by atoms with Crippen LogP contribution in [0.15, 0.2) is 42.5 Å². The Morgan fingerprint density at radius 1 is 1.09 bits per heavy atom. The predicted molar refractivity (Wildman–Crippen MR) is 75.5 cm³/mol. The molecule has 3 aromatic rings. The number of nitrogens with zero attached hydrogens (tertiary/aromatic N) is 2. The van der Waals surface area contributed by atoms with Crippen molar-refractivity contribution in [1.82, 2.24) is 9.97 Å². The highest BCUT2D eigenvalue weighted by atomic mass is 19.4. The van der Waals surface area contributed by atoms with E-state index in [4.69, 9.17) is 5.26 Å². The van der Waals surface area contributed by atoms with E-state index < -0.39 is 11.7 Å². The maximum atomic E-state index is 12.5. The van der Waals surface area contributed by atoms with Crippen LogP contribution in [0.2, 0.25) is 0 Å². The second kappa shape index (κ2) is 5.07. The highest BCUT2D eigenvalue weighted by Crippen LogP contribution is 2.30. The van der Waals surface area contributed by atoms with Crippen molar-refractivity contribution < 1.29 is 13.2 Å². The van der Waals surface area contributed by atoms with Gasteiger partial charge in [0.15, 0.2) is 0 Å². The second-order valence-electron chi connectivity index (χ2n) is 4.63. The molecule has 0 amide bonds. The molecule has 0 aliphatic rings. The summed E-state index contributed by atoms with van der Waals surface area (Å²) in [5.41, 5.74) is 1.60. The first-order chi connectivity index (χ1) is 10.5. The Morgan fingerprint density at radius 2 is 1.82 bits per heavy atom. The number of imidazole rings is 1. The number of halogens is 3. The Kier molecular flexibility index (Phi) is 3.22. The summed E-state index contributed by atoms with van der Waals surface area (Å²) >= 11 is 0. The van der Waals surface area contributed by atoms with Gasteiger partial charge in [0.25, 0.3) is 0 Å².